The number of carbonyl (C=O) groups excluding carboxylic acids is 1. The van der Waals surface area contributed by atoms with E-state index in [2.05, 4.69) is 24.4 Å². The Hall–Kier alpha value is -3.53. The molecule has 3 aromatic carbocycles. The molecule has 0 aromatic heterocycles. The second-order valence-corrected chi connectivity index (χ2v) is 7.20. The minimum absolute atomic E-state index is 0.135. The first-order valence-corrected chi connectivity index (χ1v) is 10.6. The van der Waals surface area contributed by atoms with E-state index in [1.54, 1.807) is 7.11 Å². The molecule has 0 fully saturated rings. The van der Waals surface area contributed by atoms with Crippen LogP contribution in [-0.2, 0) is 11.2 Å². The zero-order valence-electron chi connectivity index (χ0n) is 18.1. The summed E-state index contributed by atoms with van der Waals surface area (Å²) in [6, 6.07) is 25.4. The van der Waals surface area contributed by atoms with E-state index in [-0.39, 0.29) is 5.91 Å². The molecule has 0 saturated carbocycles. The van der Waals surface area contributed by atoms with Crippen molar-refractivity contribution in [3.63, 3.8) is 0 Å². The highest BCUT2D eigenvalue weighted by Gasteiger charge is 2.12. The summed E-state index contributed by atoms with van der Waals surface area (Å²) in [6.45, 7) is 2.99. The molecule has 0 aliphatic rings. The van der Waals surface area contributed by atoms with E-state index >= 15 is 0 Å². The number of methoxy groups -OCH3 is 1. The van der Waals surface area contributed by atoms with Crippen LogP contribution >= 0.6 is 0 Å². The molecule has 1 N–H and O–H groups in total. The van der Waals surface area contributed by atoms with Gasteiger partial charge in [-0.3, -0.25) is 4.79 Å². The first-order valence-electron chi connectivity index (χ1n) is 10.6. The van der Waals surface area contributed by atoms with Crippen molar-refractivity contribution < 1.29 is 14.3 Å². The van der Waals surface area contributed by atoms with Gasteiger partial charge in [-0.2, -0.15) is 0 Å². The predicted molar refractivity (Wildman–Crippen MR) is 126 cm³/mol. The molecule has 0 radical (unpaired) electrons. The van der Waals surface area contributed by atoms with Gasteiger partial charge in [0.1, 0.15) is 18.1 Å². The van der Waals surface area contributed by atoms with Gasteiger partial charge < -0.3 is 14.8 Å². The molecule has 3 rings (SSSR count). The molecule has 0 unspecified atom stereocenters. The molecular weight excluding hydrogens is 386 g/mol. The fourth-order valence-electron chi connectivity index (χ4n) is 3.23. The third-order valence-corrected chi connectivity index (χ3v) is 4.87. The Balaban J connectivity index is 1.62. The van der Waals surface area contributed by atoms with Crippen molar-refractivity contribution in [2.45, 2.75) is 19.8 Å². The zero-order chi connectivity index (χ0) is 21.9. The van der Waals surface area contributed by atoms with E-state index in [1.165, 1.54) is 5.56 Å². The minimum Gasteiger partial charge on any atom is -0.497 e. The Morgan fingerprint density at radius 3 is 2.23 bits per heavy atom. The summed E-state index contributed by atoms with van der Waals surface area (Å²) in [5, 5.41) is 2.97. The molecule has 0 bridgehead atoms. The molecule has 0 heterocycles. The smallest absolute Gasteiger partial charge is 0.252 e. The maximum atomic E-state index is 12.9. The monoisotopic (exact) mass is 415 g/mol. The van der Waals surface area contributed by atoms with Crippen LogP contribution in [-0.4, -0.2) is 26.2 Å². The van der Waals surface area contributed by atoms with Gasteiger partial charge in [-0.1, -0.05) is 67.9 Å². The first kappa shape index (κ1) is 22.2. The standard InChI is InChI=1S/C27H29NO3/c1-3-7-21-10-16-25(17-11-21)31-19-18-28-27(29)26(23-8-5-4-6-9-23)20-22-12-14-24(30-2)15-13-22/h4-6,8-17,20H,3,7,18-19H2,1-2H3,(H,28,29)/b26-20+. The minimum atomic E-state index is -0.135. The van der Waals surface area contributed by atoms with Gasteiger partial charge in [0, 0.05) is 5.57 Å². The van der Waals surface area contributed by atoms with Gasteiger partial charge in [-0.05, 0) is 53.5 Å². The van der Waals surface area contributed by atoms with Gasteiger partial charge >= 0.3 is 0 Å². The van der Waals surface area contributed by atoms with Crippen LogP contribution < -0.4 is 14.8 Å². The molecule has 0 spiro atoms. The third kappa shape index (κ3) is 6.75. The number of hydrogen-bond donors (Lipinski definition) is 1. The summed E-state index contributed by atoms with van der Waals surface area (Å²) in [5.74, 6) is 1.46. The summed E-state index contributed by atoms with van der Waals surface area (Å²) in [5.41, 5.74) is 3.70. The summed E-state index contributed by atoms with van der Waals surface area (Å²) >= 11 is 0. The largest absolute Gasteiger partial charge is 0.497 e. The number of carbonyl (C=O) groups is 1. The maximum absolute atomic E-state index is 12.9. The zero-order valence-corrected chi connectivity index (χ0v) is 18.1. The van der Waals surface area contributed by atoms with E-state index in [1.807, 2.05) is 72.8 Å². The van der Waals surface area contributed by atoms with Crippen molar-refractivity contribution in [1.29, 1.82) is 0 Å². The van der Waals surface area contributed by atoms with Gasteiger partial charge in [0.05, 0.1) is 13.7 Å². The van der Waals surface area contributed by atoms with Crippen LogP contribution in [0.5, 0.6) is 11.5 Å². The Kier molecular flexibility index (Phi) is 8.29. The topological polar surface area (TPSA) is 47.6 Å². The lowest BCUT2D eigenvalue weighted by Gasteiger charge is -2.11. The van der Waals surface area contributed by atoms with Crippen LogP contribution in [0.1, 0.15) is 30.0 Å². The second-order valence-electron chi connectivity index (χ2n) is 7.20. The fourth-order valence-corrected chi connectivity index (χ4v) is 3.23. The number of nitrogens with one attached hydrogen (secondary N) is 1. The predicted octanol–water partition coefficient (Wildman–Crippen LogP) is 5.38. The van der Waals surface area contributed by atoms with Gasteiger partial charge in [0.15, 0.2) is 0 Å². The lowest BCUT2D eigenvalue weighted by Crippen LogP contribution is -2.28. The van der Waals surface area contributed by atoms with Crippen LogP contribution in [0.2, 0.25) is 0 Å². The molecule has 160 valence electrons. The molecule has 4 heteroatoms. The van der Waals surface area contributed by atoms with Gasteiger partial charge in [0.25, 0.3) is 5.91 Å². The highest BCUT2D eigenvalue weighted by molar-refractivity contribution is 6.24. The van der Waals surface area contributed by atoms with E-state index < -0.39 is 0 Å². The van der Waals surface area contributed by atoms with Crippen LogP contribution in [0.3, 0.4) is 0 Å². The summed E-state index contributed by atoms with van der Waals surface area (Å²) < 4.78 is 11.0. The van der Waals surface area contributed by atoms with E-state index in [9.17, 15) is 4.79 Å². The Labute approximate surface area is 184 Å². The van der Waals surface area contributed by atoms with Crippen molar-refractivity contribution >= 4 is 17.6 Å². The van der Waals surface area contributed by atoms with Crippen LogP contribution in [0.15, 0.2) is 78.9 Å². The van der Waals surface area contributed by atoms with Gasteiger partial charge in [-0.25, -0.2) is 0 Å². The lowest BCUT2D eigenvalue weighted by molar-refractivity contribution is -0.115. The maximum Gasteiger partial charge on any atom is 0.252 e. The molecule has 4 nitrogen and oxygen atoms in total. The van der Waals surface area contributed by atoms with E-state index in [0.29, 0.717) is 18.7 Å². The molecule has 0 saturated heterocycles. The number of hydrogen-bond acceptors (Lipinski definition) is 3. The van der Waals surface area contributed by atoms with Crippen molar-refractivity contribution in [3.05, 3.63) is 95.6 Å². The van der Waals surface area contributed by atoms with Crippen LogP contribution in [0.25, 0.3) is 11.6 Å². The summed E-state index contributed by atoms with van der Waals surface area (Å²) in [6.07, 6.45) is 4.08. The highest BCUT2D eigenvalue weighted by atomic mass is 16.5. The average Bonchev–Trinajstić information content (AvgIpc) is 2.82. The SMILES string of the molecule is CCCc1ccc(OCCNC(=O)/C(=C/c2ccc(OC)cc2)c2ccccc2)cc1. The second kappa shape index (κ2) is 11.6. The molecule has 1 amide bonds. The van der Waals surface area contributed by atoms with Crippen LogP contribution in [0.4, 0.5) is 0 Å². The number of benzene rings is 3. The quantitative estimate of drug-likeness (QED) is 0.275. The first-order chi connectivity index (χ1) is 15.2. The molecule has 0 aliphatic heterocycles. The average molecular weight is 416 g/mol. The number of aryl methyl sites for hydroxylation is 1. The Morgan fingerprint density at radius 1 is 0.903 bits per heavy atom. The molecule has 0 atom stereocenters. The normalized spacial score (nSPS) is 11.1. The summed E-state index contributed by atoms with van der Waals surface area (Å²) in [7, 11) is 1.63. The number of amides is 1. The summed E-state index contributed by atoms with van der Waals surface area (Å²) in [4.78, 5) is 12.9. The van der Waals surface area contributed by atoms with Crippen molar-refractivity contribution in [3.8, 4) is 11.5 Å². The van der Waals surface area contributed by atoms with Gasteiger partial charge in [0.2, 0.25) is 0 Å². The van der Waals surface area contributed by atoms with Gasteiger partial charge in [-0.15, -0.1) is 0 Å². The van der Waals surface area contributed by atoms with Crippen molar-refractivity contribution in [1.82, 2.24) is 5.32 Å². The Bertz CT molecular complexity index is 977. The highest BCUT2D eigenvalue weighted by Crippen LogP contribution is 2.20. The lowest BCUT2D eigenvalue weighted by atomic mass is 10.0. The molecular formula is C27H29NO3. The molecule has 31 heavy (non-hydrogen) atoms. The van der Waals surface area contributed by atoms with Crippen molar-refractivity contribution in [2.75, 3.05) is 20.3 Å². The fraction of sp³-hybridized carbons (Fsp3) is 0.222. The van der Waals surface area contributed by atoms with Crippen LogP contribution in [0, 0.1) is 0 Å². The Morgan fingerprint density at radius 2 is 1.58 bits per heavy atom. The molecule has 0 aliphatic carbocycles. The van der Waals surface area contributed by atoms with E-state index in [4.69, 9.17) is 9.47 Å². The van der Waals surface area contributed by atoms with Crippen molar-refractivity contribution in [2.24, 2.45) is 0 Å². The molecule has 3 aromatic rings. The van der Waals surface area contributed by atoms with E-state index in [0.717, 1.165) is 35.5 Å². The number of rotatable bonds is 10. The number of ether oxygens (including phenoxy) is 2. The third-order valence-electron chi connectivity index (χ3n) is 4.87.